The van der Waals surface area contributed by atoms with Crippen molar-refractivity contribution in [1.82, 2.24) is 0 Å². The first kappa shape index (κ1) is 16.8. The second kappa shape index (κ2) is 7.71. The Morgan fingerprint density at radius 2 is 1.92 bits per heavy atom. The van der Waals surface area contributed by atoms with Crippen molar-refractivity contribution in [2.45, 2.75) is 19.8 Å². The van der Waals surface area contributed by atoms with E-state index in [1.54, 1.807) is 24.3 Å². The third-order valence-electron chi connectivity index (χ3n) is 4.31. The van der Waals surface area contributed by atoms with Crippen molar-refractivity contribution in [3.63, 3.8) is 0 Å². The van der Waals surface area contributed by atoms with Crippen LogP contribution in [0.15, 0.2) is 42.5 Å². The Labute approximate surface area is 147 Å². The lowest BCUT2D eigenvalue weighted by atomic mass is 10.1. The summed E-state index contributed by atoms with van der Waals surface area (Å²) in [4.78, 5) is 14.5. The zero-order valence-electron chi connectivity index (χ0n) is 14.3. The fraction of sp³-hybridized carbons (Fsp3) is 0.300. The minimum Gasteiger partial charge on any atom is -0.484 e. The molecule has 1 heterocycles. The van der Waals surface area contributed by atoms with Gasteiger partial charge < -0.3 is 15.0 Å². The van der Waals surface area contributed by atoms with Crippen LogP contribution in [-0.2, 0) is 4.79 Å². The van der Waals surface area contributed by atoms with Crippen molar-refractivity contribution in [1.29, 1.82) is 5.26 Å². The van der Waals surface area contributed by atoms with Crippen molar-refractivity contribution in [3.8, 4) is 11.8 Å². The molecule has 0 unspecified atom stereocenters. The molecule has 5 nitrogen and oxygen atoms in total. The van der Waals surface area contributed by atoms with Crippen LogP contribution in [0.3, 0.4) is 0 Å². The van der Waals surface area contributed by atoms with E-state index in [-0.39, 0.29) is 12.5 Å². The molecule has 0 atom stereocenters. The maximum absolute atomic E-state index is 12.1. The highest BCUT2D eigenvalue weighted by molar-refractivity contribution is 5.92. The predicted octanol–water partition coefficient (Wildman–Crippen LogP) is 3.48. The number of benzene rings is 2. The number of hydrogen-bond donors (Lipinski definition) is 1. The lowest BCUT2D eigenvalue weighted by Gasteiger charge is -2.19. The molecule has 1 fully saturated rings. The van der Waals surface area contributed by atoms with E-state index in [4.69, 9.17) is 10.00 Å². The fourth-order valence-corrected chi connectivity index (χ4v) is 2.92. The molecule has 0 aromatic heterocycles. The number of nitrogens with zero attached hydrogens (tertiary/aromatic N) is 2. The van der Waals surface area contributed by atoms with E-state index in [1.165, 1.54) is 18.5 Å². The molecule has 1 saturated heterocycles. The maximum atomic E-state index is 12.1. The third-order valence-corrected chi connectivity index (χ3v) is 4.31. The molecule has 1 N–H and O–H groups in total. The van der Waals surface area contributed by atoms with Gasteiger partial charge in [0.2, 0.25) is 0 Å². The summed E-state index contributed by atoms with van der Waals surface area (Å²) in [7, 11) is 0. The van der Waals surface area contributed by atoms with E-state index < -0.39 is 0 Å². The van der Waals surface area contributed by atoms with Crippen LogP contribution < -0.4 is 15.0 Å². The van der Waals surface area contributed by atoms with Crippen molar-refractivity contribution < 1.29 is 9.53 Å². The highest BCUT2D eigenvalue weighted by Gasteiger charge is 2.13. The number of hydrogen-bond acceptors (Lipinski definition) is 4. The molecule has 128 valence electrons. The first-order chi connectivity index (χ1) is 12.2. The topological polar surface area (TPSA) is 65.4 Å². The van der Waals surface area contributed by atoms with Gasteiger partial charge in [-0.15, -0.1) is 0 Å². The van der Waals surface area contributed by atoms with Gasteiger partial charge in [-0.25, -0.2) is 0 Å². The number of carbonyl (C=O) groups excluding carboxylic acids is 1. The maximum Gasteiger partial charge on any atom is 0.262 e. The molecular weight excluding hydrogens is 314 g/mol. The van der Waals surface area contributed by atoms with Crippen LogP contribution >= 0.6 is 0 Å². The molecule has 0 saturated carbocycles. The molecule has 5 heteroatoms. The molecule has 1 amide bonds. The van der Waals surface area contributed by atoms with Crippen LogP contribution in [0.2, 0.25) is 0 Å². The summed E-state index contributed by atoms with van der Waals surface area (Å²) in [5.41, 5.74) is 3.61. The van der Waals surface area contributed by atoms with Crippen LogP contribution in [0.4, 0.5) is 11.4 Å². The molecule has 0 radical (unpaired) electrons. The molecule has 0 spiro atoms. The largest absolute Gasteiger partial charge is 0.484 e. The predicted molar refractivity (Wildman–Crippen MR) is 97.9 cm³/mol. The highest BCUT2D eigenvalue weighted by Crippen LogP contribution is 2.25. The van der Waals surface area contributed by atoms with Gasteiger partial charge >= 0.3 is 0 Å². The molecule has 1 aliphatic rings. The highest BCUT2D eigenvalue weighted by atomic mass is 16.5. The smallest absolute Gasteiger partial charge is 0.262 e. The van der Waals surface area contributed by atoms with Crippen LogP contribution in [0, 0.1) is 18.3 Å². The molecule has 3 rings (SSSR count). The number of ether oxygens (including phenoxy) is 1. The zero-order valence-corrected chi connectivity index (χ0v) is 14.3. The number of rotatable bonds is 5. The Morgan fingerprint density at radius 3 is 2.56 bits per heavy atom. The molecule has 0 bridgehead atoms. The third kappa shape index (κ3) is 4.30. The Morgan fingerprint density at radius 1 is 1.20 bits per heavy atom. The van der Waals surface area contributed by atoms with E-state index in [0.29, 0.717) is 11.3 Å². The van der Waals surface area contributed by atoms with Gasteiger partial charge in [-0.2, -0.15) is 5.26 Å². The SMILES string of the molecule is Cc1cc(N2CCCC2)ccc1NC(=O)COc1ccc(C#N)cc1. The molecule has 2 aromatic rings. The second-order valence-corrected chi connectivity index (χ2v) is 6.17. The van der Waals surface area contributed by atoms with Gasteiger partial charge in [0, 0.05) is 24.5 Å². The van der Waals surface area contributed by atoms with Crippen molar-refractivity contribution in [2.24, 2.45) is 0 Å². The number of anilines is 2. The number of amides is 1. The minimum absolute atomic E-state index is 0.0702. The second-order valence-electron chi connectivity index (χ2n) is 6.17. The number of carbonyl (C=O) groups is 1. The van der Waals surface area contributed by atoms with Gasteiger partial charge in [-0.05, 0) is 67.8 Å². The molecule has 2 aromatic carbocycles. The van der Waals surface area contributed by atoms with Gasteiger partial charge in [-0.3, -0.25) is 4.79 Å². The van der Waals surface area contributed by atoms with Crippen LogP contribution in [0.25, 0.3) is 0 Å². The quantitative estimate of drug-likeness (QED) is 0.908. The number of nitriles is 1. The standard InChI is InChI=1S/C20H21N3O2/c1-15-12-17(23-10-2-3-11-23)6-9-19(15)22-20(24)14-25-18-7-4-16(13-21)5-8-18/h4-9,12H,2-3,10-11,14H2,1H3,(H,22,24). The van der Waals surface area contributed by atoms with Gasteiger partial charge in [0.05, 0.1) is 11.6 Å². The Bertz CT molecular complexity index is 788. The summed E-state index contributed by atoms with van der Waals surface area (Å²) in [6, 6.07) is 14.8. The van der Waals surface area contributed by atoms with Crippen LogP contribution in [0.1, 0.15) is 24.0 Å². The van der Waals surface area contributed by atoms with Crippen LogP contribution in [-0.4, -0.2) is 25.6 Å². The molecule has 0 aliphatic carbocycles. The molecule has 25 heavy (non-hydrogen) atoms. The number of nitrogens with one attached hydrogen (secondary N) is 1. The van der Waals surface area contributed by atoms with Crippen LogP contribution in [0.5, 0.6) is 5.75 Å². The van der Waals surface area contributed by atoms with Gasteiger partial charge in [-0.1, -0.05) is 0 Å². The lowest BCUT2D eigenvalue weighted by Crippen LogP contribution is -2.21. The average molecular weight is 335 g/mol. The Kier molecular flexibility index (Phi) is 5.20. The summed E-state index contributed by atoms with van der Waals surface area (Å²) in [5, 5.41) is 11.7. The van der Waals surface area contributed by atoms with E-state index >= 15 is 0 Å². The van der Waals surface area contributed by atoms with E-state index in [0.717, 1.165) is 24.3 Å². The van der Waals surface area contributed by atoms with E-state index in [2.05, 4.69) is 22.3 Å². The summed E-state index contributed by atoms with van der Waals surface area (Å²) >= 11 is 0. The van der Waals surface area contributed by atoms with Gasteiger partial charge in [0.15, 0.2) is 6.61 Å². The van der Waals surface area contributed by atoms with Gasteiger partial charge in [0.1, 0.15) is 5.75 Å². The Hall–Kier alpha value is -3.00. The summed E-state index contributed by atoms with van der Waals surface area (Å²) < 4.78 is 5.45. The first-order valence-corrected chi connectivity index (χ1v) is 8.44. The van der Waals surface area contributed by atoms with E-state index in [9.17, 15) is 4.79 Å². The van der Waals surface area contributed by atoms with Crippen molar-refractivity contribution in [2.75, 3.05) is 29.9 Å². The van der Waals surface area contributed by atoms with Gasteiger partial charge in [0.25, 0.3) is 5.91 Å². The fourth-order valence-electron chi connectivity index (χ4n) is 2.92. The molecular formula is C20H21N3O2. The van der Waals surface area contributed by atoms with Crippen molar-refractivity contribution >= 4 is 17.3 Å². The number of aryl methyl sites for hydroxylation is 1. The summed E-state index contributed by atoms with van der Waals surface area (Å²) in [6.45, 7) is 4.13. The lowest BCUT2D eigenvalue weighted by molar-refractivity contribution is -0.118. The summed E-state index contributed by atoms with van der Waals surface area (Å²) in [5.74, 6) is 0.358. The van der Waals surface area contributed by atoms with Crippen molar-refractivity contribution in [3.05, 3.63) is 53.6 Å². The first-order valence-electron chi connectivity index (χ1n) is 8.44. The molecule has 1 aliphatic heterocycles. The normalized spacial score (nSPS) is 13.4. The summed E-state index contributed by atoms with van der Waals surface area (Å²) in [6.07, 6.45) is 2.48. The monoisotopic (exact) mass is 335 g/mol. The zero-order chi connectivity index (χ0) is 17.6. The Balaban J connectivity index is 1.56. The van der Waals surface area contributed by atoms with E-state index in [1.807, 2.05) is 19.1 Å². The average Bonchev–Trinajstić information content (AvgIpc) is 3.17. The minimum atomic E-state index is -0.207.